The lowest BCUT2D eigenvalue weighted by Gasteiger charge is -2.38. The van der Waals surface area contributed by atoms with E-state index in [9.17, 15) is 9.59 Å². The summed E-state index contributed by atoms with van der Waals surface area (Å²) in [4.78, 5) is 30.2. The second-order valence-corrected chi connectivity index (χ2v) is 9.48. The molecule has 7 nitrogen and oxygen atoms in total. The number of hydrogen-bond acceptors (Lipinski definition) is 3. The van der Waals surface area contributed by atoms with Crippen LogP contribution in [-0.4, -0.2) is 45.9 Å². The van der Waals surface area contributed by atoms with Gasteiger partial charge >= 0.3 is 6.03 Å². The second kappa shape index (κ2) is 11.1. The number of aromatic nitrogens is 1. The van der Waals surface area contributed by atoms with Gasteiger partial charge in [0.25, 0.3) is 0 Å². The maximum absolute atomic E-state index is 13.7. The zero-order chi connectivity index (χ0) is 25.7. The molecule has 0 spiro atoms. The fraction of sp³-hybridized carbons (Fsp3) is 0.345. The molecule has 186 valence electrons. The molecule has 1 atom stereocenters. The topological polar surface area (TPSA) is 81.4 Å². The molecule has 36 heavy (non-hydrogen) atoms. The lowest BCUT2D eigenvalue weighted by molar-refractivity contribution is -0.134. The van der Waals surface area contributed by atoms with E-state index in [1.165, 1.54) is 5.56 Å². The number of amides is 3. The number of nitriles is 1. The first kappa shape index (κ1) is 25.1. The summed E-state index contributed by atoms with van der Waals surface area (Å²) in [5, 5.41) is 11.9. The van der Waals surface area contributed by atoms with Gasteiger partial charge in [-0.25, -0.2) is 4.79 Å². The highest BCUT2D eigenvalue weighted by molar-refractivity contribution is 5.92. The van der Waals surface area contributed by atoms with Crippen LogP contribution in [0, 0.1) is 11.3 Å². The van der Waals surface area contributed by atoms with E-state index < -0.39 is 0 Å². The van der Waals surface area contributed by atoms with Gasteiger partial charge in [0.05, 0.1) is 17.7 Å². The molecule has 0 fully saturated rings. The molecular weight excluding hydrogens is 450 g/mol. The number of rotatable bonds is 7. The Morgan fingerprint density at radius 3 is 2.44 bits per heavy atom. The minimum atomic E-state index is -0.326. The van der Waals surface area contributed by atoms with Crippen molar-refractivity contribution in [3.05, 3.63) is 89.2 Å². The Kier molecular flexibility index (Phi) is 7.74. The summed E-state index contributed by atoms with van der Waals surface area (Å²) in [6.45, 7) is 8.08. The third-order valence-electron chi connectivity index (χ3n) is 6.65. The van der Waals surface area contributed by atoms with E-state index in [4.69, 9.17) is 5.26 Å². The molecule has 4 rings (SSSR count). The first-order valence-electron chi connectivity index (χ1n) is 12.5. The predicted octanol–water partition coefficient (Wildman–Crippen LogP) is 5.36. The fourth-order valence-electron chi connectivity index (χ4n) is 4.67. The minimum Gasteiger partial charge on any atom is -0.348 e. The molecule has 0 saturated carbocycles. The molecule has 0 aliphatic carbocycles. The van der Waals surface area contributed by atoms with Crippen molar-refractivity contribution in [2.75, 3.05) is 25.0 Å². The first-order valence-corrected chi connectivity index (χ1v) is 12.5. The molecular formula is C29H33N5O2. The van der Waals surface area contributed by atoms with Gasteiger partial charge in [0.1, 0.15) is 6.54 Å². The maximum Gasteiger partial charge on any atom is 0.322 e. The summed E-state index contributed by atoms with van der Waals surface area (Å²) >= 11 is 0. The molecule has 2 aromatic carbocycles. The number of benzene rings is 2. The molecule has 1 aliphatic heterocycles. The SMILES string of the molecule is CCCN(CC(=O)N1CCn2cccc2[C@H]1c1ccc(C(C)C)cc1)C(=O)Nc1ccc(C#N)cc1. The van der Waals surface area contributed by atoms with E-state index in [2.05, 4.69) is 66.3 Å². The van der Waals surface area contributed by atoms with Crippen molar-refractivity contribution in [3.63, 3.8) is 0 Å². The molecule has 7 heteroatoms. The zero-order valence-corrected chi connectivity index (χ0v) is 21.1. The summed E-state index contributed by atoms with van der Waals surface area (Å²) in [6, 6.07) is 20.8. The Hall–Kier alpha value is -4.05. The average Bonchev–Trinajstić information content (AvgIpc) is 3.37. The molecule has 3 aromatic rings. The van der Waals surface area contributed by atoms with Crippen LogP contribution in [0.2, 0.25) is 0 Å². The van der Waals surface area contributed by atoms with Gasteiger partial charge < -0.3 is 19.7 Å². The molecule has 1 N–H and O–H groups in total. The van der Waals surface area contributed by atoms with Gasteiger partial charge in [-0.3, -0.25) is 4.79 Å². The van der Waals surface area contributed by atoms with E-state index in [0.29, 0.717) is 30.3 Å². The van der Waals surface area contributed by atoms with Crippen LogP contribution in [0.4, 0.5) is 10.5 Å². The number of urea groups is 1. The lowest BCUT2D eigenvalue weighted by atomic mass is 9.95. The average molecular weight is 484 g/mol. The standard InChI is InChI=1S/C29H33N5O2/c1-4-15-33(29(36)31-25-13-7-22(19-30)8-14-25)20-27(35)34-18-17-32-16-5-6-26(32)28(34)24-11-9-23(10-12-24)21(2)3/h5-14,16,21,28H,4,15,17-18,20H2,1-3H3,(H,31,36)/t28-/m1/s1. The number of hydrogen-bond donors (Lipinski definition) is 1. The summed E-state index contributed by atoms with van der Waals surface area (Å²) in [5.74, 6) is 0.355. The number of nitrogens with zero attached hydrogens (tertiary/aromatic N) is 4. The fourth-order valence-corrected chi connectivity index (χ4v) is 4.67. The highest BCUT2D eigenvalue weighted by atomic mass is 16.2. The second-order valence-electron chi connectivity index (χ2n) is 9.48. The van der Waals surface area contributed by atoms with Gasteiger partial charge in [0, 0.05) is 37.2 Å². The Morgan fingerprint density at radius 2 is 1.81 bits per heavy atom. The van der Waals surface area contributed by atoms with Gasteiger partial charge in [-0.05, 0) is 59.9 Å². The van der Waals surface area contributed by atoms with Crippen molar-refractivity contribution < 1.29 is 9.59 Å². The third-order valence-corrected chi connectivity index (χ3v) is 6.65. The van der Waals surface area contributed by atoms with Crippen LogP contribution in [0.5, 0.6) is 0 Å². The molecule has 1 aromatic heterocycles. The van der Waals surface area contributed by atoms with Crippen LogP contribution in [0.3, 0.4) is 0 Å². The van der Waals surface area contributed by atoms with E-state index in [1.807, 2.05) is 17.9 Å². The molecule has 1 aliphatic rings. The third kappa shape index (κ3) is 5.44. The Labute approximate surface area is 212 Å². The van der Waals surface area contributed by atoms with Gasteiger partial charge in [0.2, 0.25) is 5.91 Å². The molecule has 0 bridgehead atoms. The van der Waals surface area contributed by atoms with E-state index in [-0.39, 0.29) is 24.5 Å². The molecule has 0 unspecified atom stereocenters. The van der Waals surface area contributed by atoms with Crippen molar-refractivity contribution in [1.29, 1.82) is 5.26 Å². The van der Waals surface area contributed by atoms with E-state index in [1.54, 1.807) is 29.2 Å². The smallest absolute Gasteiger partial charge is 0.322 e. The van der Waals surface area contributed by atoms with Crippen molar-refractivity contribution in [2.45, 2.75) is 45.7 Å². The van der Waals surface area contributed by atoms with Crippen LogP contribution in [0.15, 0.2) is 66.9 Å². The number of anilines is 1. The number of fused-ring (bicyclic) bond motifs is 1. The molecule has 2 heterocycles. The van der Waals surface area contributed by atoms with Crippen LogP contribution in [0.1, 0.15) is 61.5 Å². The molecule has 0 saturated heterocycles. The van der Waals surface area contributed by atoms with Gasteiger partial charge in [-0.2, -0.15) is 5.26 Å². The van der Waals surface area contributed by atoms with Crippen molar-refractivity contribution in [2.24, 2.45) is 0 Å². The Bertz CT molecular complexity index is 1240. The quantitative estimate of drug-likeness (QED) is 0.491. The van der Waals surface area contributed by atoms with Gasteiger partial charge in [0.15, 0.2) is 0 Å². The molecule has 3 amide bonds. The Balaban J connectivity index is 1.54. The highest BCUT2D eigenvalue weighted by Gasteiger charge is 2.33. The summed E-state index contributed by atoms with van der Waals surface area (Å²) in [7, 11) is 0. The van der Waals surface area contributed by atoms with E-state index in [0.717, 1.165) is 24.2 Å². The summed E-state index contributed by atoms with van der Waals surface area (Å²) in [5.41, 5.74) is 4.52. The van der Waals surface area contributed by atoms with Gasteiger partial charge in [-0.15, -0.1) is 0 Å². The summed E-state index contributed by atoms with van der Waals surface area (Å²) < 4.78 is 2.20. The number of nitrogens with one attached hydrogen (secondary N) is 1. The normalized spacial score (nSPS) is 14.8. The van der Waals surface area contributed by atoms with Crippen molar-refractivity contribution in [3.8, 4) is 6.07 Å². The zero-order valence-electron chi connectivity index (χ0n) is 21.1. The van der Waals surface area contributed by atoms with Crippen LogP contribution < -0.4 is 5.32 Å². The Morgan fingerprint density at radius 1 is 1.08 bits per heavy atom. The minimum absolute atomic E-state index is 0.00274. The lowest BCUT2D eigenvalue weighted by Crippen LogP contribution is -2.48. The van der Waals surface area contributed by atoms with Crippen molar-refractivity contribution >= 4 is 17.6 Å². The number of carbonyl (C=O) groups is 2. The van der Waals surface area contributed by atoms with Crippen LogP contribution in [0.25, 0.3) is 0 Å². The summed E-state index contributed by atoms with van der Waals surface area (Å²) in [6.07, 6.45) is 2.79. The first-order chi connectivity index (χ1) is 17.4. The van der Waals surface area contributed by atoms with Crippen molar-refractivity contribution in [1.82, 2.24) is 14.4 Å². The predicted molar refractivity (Wildman–Crippen MR) is 141 cm³/mol. The maximum atomic E-state index is 13.7. The van der Waals surface area contributed by atoms with Crippen LogP contribution >= 0.6 is 0 Å². The van der Waals surface area contributed by atoms with E-state index >= 15 is 0 Å². The van der Waals surface area contributed by atoms with Gasteiger partial charge in [-0.1, -0.05) is 45.0 Å². The largest absolute Gasteiger partial charge is 0.348 e. The van der Waals surface area contributed by atoms with Crippen LogP contribution in [-0.2, 0) is 11.3 Å². The monoisotopic (exact) mass is 483 g/mol. The number of carbonyl (C=O) groups excluding carboxylic acids is 2. The highest BCUT2D eigenvalue weighted by Crippen LogP contribution is 2.33. The molecule has 0 radical (unpaired) electrons.